The fourth-order valence-corrected chi connectivity index (χ4v) is 3.16. The summed E-state index contributed by atoms with van der Waals surface area (Å²) in [4.78, 5) is 12.3. The van der Waals surface area contributed by atoms with Crippen LogP contribution in [0, 0.1) is 17.8 Å². The van der Waals surface area contributed by atoms with E-state index in [-0.39, 0.29) is 5.92 Å². The zero-order valence-electron chi connectivity index (χ0n) is 11.5. The van der Waals surface area contributed by atoms with Gasteiger partial charge in [0.15, 0.2) is 0 Å². The third kappa shape index (κ3) is 3.73. The number of hydrogen-bond acceptors (Lipinski definition) is 1. The SMILES string of the molecule is CC1CCC(C(=O)Cc2ccc(Cl)c(Cl)c2)CC1C. The van der Waals surface area contributed by atoms with E-state index >= 15 is 0 Å². The molecule has 1 aromatic carbocycles. The van der Waals surface area contributed by atoms with Gasteiger partial charge in [-0.15, -0.1) is 0 Å². The van der Waals surface area contributed by atoms with Gasteiger partial charge < -0.3 is 0 Å². The molecule has 0 saturated heterocycles. The van der Waals surface area contributed by atoms with Crippen LogP contribution in [0.15, 0.2) is 18.2 Å². The Kier molecular flexibility index (Phi) is 4.92. The second-order valence-electron chi connectivity index (χ2n) is 5.86. The standard InChI is InChI=1S/C16H20Cl2O/c1-10-3-5-13(7-11(10)2)16(19)9-12-4-6-14(17)15(18)8-12/h4,6,8,10-11,13H,3,5,7,9H2,1-2H3. The van der Waals surface area contributed by atoms with Crippen LogP contribution < -0.4 is 0 Å². The Bertz CT molecular complexity index is 470. The van der Waals surface area contributed by atoms with E-state index < -0.39 is 0 Å². The number of rotatable bonds is 3. The molecule has 104 valence electrons. The third-order valence-corrected chi connectivity index (χ3v) is 5.15. The van der Waals surface area contributed by atoms with Crippen LogP contribution in [0.1, 0.15) is 38.7 Å². The molecule has 1 aliphatic carbocycles. The maximum atomic E-state index is 12.3. The van der Waals surface area contributed by atoms with Crippen LogP contribution >= 0.6 is 23.2 Å². The van der Waals surface area contributed by atoms with Crippen LogP contribution in [0.5, 0.6) is 0 Å². The lowest BCUT2D eigenvalue weighted by Crippen LogP contribution is -2.27. The molecule has 3 unspecified atom stereocenters. The molecule has 0 aromatic heterocycles. The first kappa shape index (κ1) is 14.9. The molecule has 1 saturated carbocycles. The number of carbonyl (C=O) groups excluding carboxylic acids is 1. The largest absolute Gasteiger partial charge is 0.299 e. The molecule has 1 aliphatic rings. The van der Waals surface area contributed by atoms with Crippen LogP contribution in [-0.4, -0.2) is 5.78 Å². The van der Waals surface area contributed by atoms with Gasteiger partial charge in [-0.25, -0.2) is 0 Å². The highest BCUT2D eigenvalue weighted by Crippen LogP contribution is 2.34. The highest BCUT2D eigenvalue weighted by Gasteiger charge is 2.28. The van der Waals surface area contributed by atoms with Crippen molar-refractivity contribution in [1.29, 1.82) is 0 Å². The average molecular weight is 299 g/mol. The van der Waals surface area contributed by atoms with Crippen LogP contribution in [0.25, 0.3) is 0 Å². The number of hydrogen-bond donors (Lipinski definition) is 0. The maximum absolute atomic E-state index is 12.3. The Labute approximate surface area is 125 Å². The van der Waals surface area contributed by atoms with Crippen molar-refractivity contribution >= 4 is 29.0 Å². The Balaban J connectivity index is 1.99. The normalized spacial score (nSPS) is 27.3. The lowest BCUT2D eigenvalue weighted by Gasteiger charge is -2.31. The average Bonchev–Trinajstić information content (AvgIpc) is 2.37. The smallest absolute Gasteiger partial charge is 0.140 e. The first-order valence-electron chi connectivity index (χ1n) is 6.94. The van der Waals surface area contributed by atoms with Gasteiger partial charge in [0.2, 0.25) is 0 Å². The van der Waals surface area contributed by atoms with E-state index in [9.17, 15) is 4.79 Å². The van der Waals surface area contributed by atoms with Gasteiger partial charge in [0.25, 0.3) is 0 Å². The monoisotopic (exact) mass is 298 g/mol. The Morgan fingerprint density at radius 1 is 1.16 bits per heavy atom. The minimum atomic E-state index is 0.223. The van der Waals surface area contributed by atoms with E-state index in [1.165, 1.54) is 6.42 Å². The predicted molar refractivity (Wildman–Crippen MR) is 80.8 cm³/mol. The lowest BCUT2D eigenvalue weighted by molar-refractivity contribution is -0.123. The third-order valence-electron chi connectivity index (χ3n) is 4.42. The molecule has 0 aliphatic heterocycles. The summed E-state index contributed by atoms with van der Waals surface area (Å²) in [6, 6.07) is 5.45. The van der Waals surface area contributed by atoms with Crippen molar-refractivity contribution < 1.29 is 4.79 Å². The lowest BCUT2D eigenvalue weighted by atomic mass is 9.73. The summed E-state index contributed by atoms with van der Waals surface area (Å²) < 4.78 is 0. The van der Waals surface area contributed by atoms with Crippen molar-refractivity contribution in [2.75, 3.05) is 0 Å². The molecule has 0 N–H and O–H groups in total. The predicted octanol–water partition coefficient (Wildman–Crippen LogP) is 5.18. The van der Waals surface area contributed by atoms with Gasteiger partial charge in [-0.2, -0.15) is 0 Å². The molecular weight excluding hydrogens is 279 g/mol. The number of benzene rings is 1. The van der Waals surface area contributed by atoms with Crippen molar-refractivity contribution in [3.8, 4) is 0 Å². The van der Waals surface area contributed by atoms with Gasteiger partial charge in [-0.1, -0.05) is 43.1 Å². The number of ketones is 1. The minimum absolute atomic E-state index is 0.223. The van der Waals surface area contributed by atoms with Gasteiger partial charge in [0, 0.05) is 12.3 Å². The van der Waals surface area contributed by atoms with Crippen molar-refractivity contribution in [2.24, 2.45) is 17.8 Å². The maximum Gasteiger partial charge on any atom is 0.140 e. The second kappa shape index (κ2) is 6.28. The zero-order chi connectivity index (χ0) is 14.0. The second-order valence-corrected chi connectivity index (χ2v) is 6.67. The van der Waals surface area contributed by atoms with Crippen molar-refractivity contribution in [2.45, 2.75) is 39.5 Å². The summed E-state index contributed by atoms with van der Waals surface area (Å²) in [5, 5.41) is 1.07. The van der Waals surface area contributed by atoms with Gasteiger partial charge in [0.1, 0.15) is 5.78 Å². The molecule has 0 radical (unpaired) electrons. The zero-order valence-corrected chi connectivity index (χ0v) is 13.0. The highest BCUT2D eigenvalue weighted by atomic mass is 35.5. The highest BCUT2D eigenvalue weighted by molar-refractivity contribution is 6.42. The van der Waals surface area contributed by atoms with Crippen LogP contribution in [-0.2, 0) is 11.2 Å². The summed E-state index contributed by atoms with van der Waals surface area (Å²) in [6.45, 7) is 4.54. The number of carbonyl (C=O) groups is 1. The van der Waals surface area contributed by atoms with Crippen molar-refractivity contribution in [1.82, 2.24) is 0 Å². The molecule has 0 heterocycles. The molecular formula is C16H20Cl2O. The summed E-state index contributed by atoms with van der Waals surface area (Å²) in [7, 11) is 0. The van der Waals surface area contributed by atoms with Crippen LogP contribution in [0.2, 0.25) is 10.0 Å². The van der Waals surface area contributed by atoms with E-state index in [4.69, 9.17) is 23.2 Å². The molecule has 3 atom stereocenters. The van der Waals surface area contributed by atoms with Gasteiger partial charge in [0.05, 0.1) is 10.0 Å². The Morgan fingerprint density at radius 3 is 2.53 bits per heavy atom. The van der Waals surface area contributed by atoms with Crippen molar-refractivity contribution in [3.63, 3.8) is 0 Å². The molecule has 1 aromatic rings. The van der Waals surface area contributed by atoms with E-state index in [1.807, 2.05) is 6.07 Å². The first-order chi connectivity index (χ1) is 8.97. The Hall–Kier alpha value is -0.530. The van der Waals surface area contributed by atoms with Crippen LogP contribution in [0.3, 0.4) is 0 Å². The molecule has 0 spiro atoms. The fraction of sp³-hybridized carbons (Fsp3) is 0.562. The van der Waals surface area contributed by atoms with Crippen molar-refractivity contribution in [3.05, 3.63) is 33.8 Å². The number of halogens is 2. The van der Waals surface area contributed by atoms with Gasteiger partial charge in [-0.05, 0) is 48.8 Å². The van der Waals surface area contributed by atoms with E-state index in [0.717, 1.165) is 24.3 Å². The summed E-state index contributed by atoms with van der Waals surface area (Å²) in [5.74, 6) is 1.96. The number of Topliss-reactive ketones (excluding diaryl/α,β-unsaturated/α-hetero) is 1. The quantitative estimate of drug-likeness (QED) is 0.752. The molecule has 19 heavy (non-hydrogen) atoms. The van der Waals surface area contributed by atoms with Crippen LogP contribution in [0.4, 0.5) is 0 Å². The van der Waals surface area contributed by atoms with Gasteiger partial charge in [-0.3, -0.25) is 4.79 Å². The molecule has 2 rings (SSSR count). The first-order valence-corrected chi connectivity index (χ1v) is 7.69. The van der Waals surface area contributed by atoms with E-state index in [0.29, 0.717) is 28.2 Å². The summed E-state index contributed by atoms with van der Waals surface area (Å²) >= 11 is 11.9. The molecule has 0 bridgehead atoms. The molecule has 3 heteroatoms. The molecule has 1 nitrogen and oxygen atoms in total. The topological polar surface area (TPSA) is 17.1 Å². The molecule has 1 fully saturated rings. The van der Waals surface area contributed by atoms with Gasteiger partial charge >= 0.3 is 0 Å². The Morgan fingerprint density at radius 2 is 1.89 bits per heavy atom. The minimum Gasteiger partial charge on any atom is -0.299 e. The summed E-state index contributed by atoms with van der Waals surface area (Å²) in [6.07, 6.45) is 3.70. The van der Waals surface area contributed by atoms with E-state index in [2.05, 4.69) is 13.8 Å². The molecule has 0 amide bonds. The fourth-order valence-electron chi connectivity index (χ4n) is 2.84. The van der Waals surface area contributed by atoms with E-state index in [1.54, 1.807) is 12.1 Å². The summed E-state index contributed by atoms with van der Waals surface area (Å²) in [5.41, 5.74) is 0.964.